The van der Waals surface area contributed by atoms with E-state index in [2.05, 4.69) is 5.32 Å². The van der Waals surface area contributed by atoms with Gasteiger partial charge in [0, 0.05) is 22.4 Å². The molecule has 0 aliphatic carbocycles. The first-order chi connectivity index (χ1) is 14.6. The van der Waals surface area contributed by atoms with Gasteiger partial charge in [-0.05, 0) is 67.1 Å². The molecule has 0 saturated carbocycles. The van der Waals surface area contributed by atoms with Gasteiger partial charge in [-0.15, -0.1) is 0 Å². The number of nitrogens with zero attached hydrogens (tertiary/aromatic N) is 1. The van der Waals surface area contributed by atoms with Gasteiger partial charge in [0.25, 0.3) is 5.91 Å². The van der Waals surface area contributed by atoms with Gasteiger partial charge in [-0.1, -0.05) is 36.4 Å². The second kappa shape index (κ2) is 8.62. The van der Waals surface area contributed by atoms with E-state index >= 15 is 0 Å². The van der Waals surface area contributed by atoms with Crippen LogP contribution in [0.1, 0.15) is 15.9 Å². The van der Waals surface area contributed by atoms with E-state index in [1.165, 1.54) is 0 Å². The Morgan fingerprint density at radius 2 is 1.50 bits per heavy atom. The van der Waals surface area contributed by atoms with Crippen molar-refractivity contribution in [1.29, 1.82) is 0 Å². The number of carbonyl (C=O) groups is 1. The SMILES string of the molecule is COc1ccc(-c2cccc(-c3cccc(NC(=O)c4ccccc4C)c3)n2)cc1. The molecule has 0 atom stereocenters. The number of aryl methyl sites for hydroxylation is 1. The number of hydrogen-bond acceptors (Lipinski definition) is 3. The Hall–Kier alpha value is -3.92. The lowest BCUT2D eigenvalue weighted by molar-refractivity contribution is 0.102. The van der Waals surface area contributed by atoms with Crippen LogP contribution in [0.15, 0.2) is 91.0 Å². The van der Waals surface area contributed by atoms with Crippen LogP contribution in [0, 0.1) is 6.92 Å². The third-order valence-corrected chi connectivity index (χ3v) is 4.94. The summed E-state index contributed by atoms with van der Waals surface area (Å²) in [6, 6.07) is 29.0. The van der Waals surface area contributed by atoms with E-state index in [4.69, 9.17) is 9.72 Å². The number of pyridine rings is 1. The van der Waals surface area contributed by atoms with Gasteiger partial charge in [0.1, 0.15) is 5.75 Å². The van der Waals surface area contributed by atoms with Gasteiger partial charge in [-0.2, -0.15) is 0 Å². The van der Waals surface area contributed by atoms with E-state index in [9.17, 15) is 4.79 Å². The molecule has 0 saturated heterocycles. The van der Waals surface area contributed by atoms with E-state index in [1.54, 1.807) is 7.11 Å². The van der Waals surface area contributed by atoms with E-state index < -0.39 is 0 Å². The molecule has 0 unspecified atom stereocenters. The van der Waals surface area contributed by atoms with Gasteiger partial charge in [0.15, 0.2) is 0 Å². The number of carbonyl (C=O) groups excluding carboxylic acids is 1. The zero-order valence-corrected chi connectivity index (χ0v) is 16.9. The van der Waals surface area contributed by atoms with Crippen LogP contribution in [0.3, 0.4) is 0 Å². The minimum atomic E-state index is -0.120. The molecule has 0 fully saturated rings. The molecule has 4 nitrogen and oxygen atoms in total. The molecule has 0 spiro atoms. The van der Waals surface area contributed by atoms with Crippen molar-refractivity contribution in [2.24, 2.45) is 0 Å². The molecule has 1 aromatic heterocycles. The van der Waals surface area contributed by atoms with Crippen molar-refractivity contribution >= 4 is 11.6 Å². The molecular formula is C26H22N2O2. The van der Waals surface area contributed by atoms with Crippen LogP contribution in [0.25, 0.3) is 22.5 Å². The molecule has 0 aliphatic heterocycles. The highest BCUT2D eigenvalue weighted by Crippen LogP contribution is 2.26. The average Bonchev–Trinajstić information content (AvgIpc) is 2.79. The molecule has 0 aliphatic rings. The summed E-state index contributed by atoms with van der Waals surface area (Å²) in [7, 11) is 1.65. The number of rotatable bonds is 5. The maximum absolute atomic E-state index is 12.6. The van der Waals surface area contributed by atoms with E-state index in [0.717, 1.165) is 39.5 Å². The highest BCUT2D eigenvalue weighted by molar-refractivity contribution is 6.05. The zero-order chi connectivity index (χ0) is 20.9. The molecule has 30 heavy (non-hydrogen) atoms. The monoisotopic (exact) mass is 394 g/mol. The summed E-state index contributed by atoms with van der Waals surface area (Å²) in [6.07, 6.45) is 0. The quantitative estimate of drug-likeness (QED) is 0.453. The van der Waals surface area contributed by atoms with E-state index in [0.29, 0.717) is 5.56 Å². The van der Waals surface area contributed by atoms with Gasteiger partial charge >= 0.3 is 0 Å². The lowest BCUT2D eigenvalue weighted by Crippen LogP contribution is -2.13. The minimum Gasteiger partial charge on any atom is -0.497 e. The Morgan fingerprint density at radius 1 is 0.800 bits per heavy atom. The maximum Gasteiger partial charge on any atom is 0.255 e. The number of methoxy groups -OCH3 is 1. The van der Waals surface area contributed by atoms with Crippen LogP contribution in [0.4, 0.5) is 5.69 Å². The van der Waals surface area contributed by atoms with Crippen LogP contribution < -0.4 is 10.1 Å². The minimum absolute atomic E-state index is 0.120. The predicted octanol–water partition coefficient (Wildman–Crippen LogP) is 5.98. The summed E-state index contributed by atoms with van der Waals surface area (Å²) >= 11 is 0. The van der Waals surface area contributed by atoms with Crippen LogP contribution in [0.5, 0.6) is 5.75 Å². The molecule has 1 N–H and O–H groups in total. The highest BCUT2D eigenvalue weighted by atomic mass is 16.5. The van der Waals surface area contributed by atoms with Gasteiger partial charge in [-0.25, -0.2) is 4.98 Å². The van der Waals surface area contributed by atoms with Crippen LogP contribution in [-0.2, 0) is 0 Å². The van der Waals surface area contributed by atoms with Crippen molar-refractivity contribution in [3.05, 3.63) is 102 Å². The molecule has 4 rings (SSSR count). The zero-order valence-electron chi connectivity index (χ0n) is 16.9. The maximum atomic E-state index is 12.6. The number of aromatic nitrogens is 1. The van der Waals surface area contributed by atoms with Gasteiger partial charge in [0.05, 0.1) is 18.5 Å². The number of benzene rings is 3. The number of ether oxygens (including phenoxy) is 1. The molecule has 4 heteroatoms. The van der Waals surface area contributed by atoms with E-state index in [-0.39, 0.29) is 5.91 Å². The largest absolute Gasteiger partial charge is 0.497 e. The fourth-order valence-corrected chi connectivity index (χ4v) is 3.30. The highest BCUT2D eigenvalue weighted by Gasteiger charge is 2.10. The van der Waals surface area contributed by atoms with Crippen molar-refractivity contribution in [2.45, 2.75) is 6.92 Å². The normalized spacial score (nSPS) is 10.5. The summed E-state index contributed by atoms with van der Waals surface area (Å²) in [5.74, 6) is 0.692. The first-order valence-corrected chi connectivity index (χ1v) is 9.73. The topological polar surface area (TPSA) is 51.2 Å². The van der Waals surface area contributed by atoms with Gasteiger partial charge < -0.3 is 10.1 Å². The van der Waals surface area contributed by atoms with Crippen molar-refractivity contribution in [3.8, 4) is 28.3 Å². The van der Waals surface area contributed by atoms with Crippen molar-refractivity contribution in [2.75, 3.05) is 12.4 Å². The fourth-order valence-electron chi connectivity index (χ4n) is 3.30. The van der Waals surface area contributed by atoms with Gasteiger partial charge in [0.2, 0.25) is 0 Å². The van der Waals surface area contributed by atoms with Gasteiger partial charge in [-0.3, -0.25) is 4.79 Å². The summed E-state index contributed by atoms with van der Waals surface area (Å²) in [4.78, 5) is 17.4. The van der Waals surface area contributed by atoms with Crippen LogP contribution in [0.2, 0.25) is 0 Å². The Morgan fingerprint density at radius 3 is 2.23 bits per heavy atom. The summed E-state index contributed by atoms with van der Waals surface area (Å²) in [5.41, 5.74) is 6.02. The van der Waals surface area contributed by atoms with Crippen molar-refractivity contribution < 1.29 is 9.53 Å². The van der Waals surface area contributed by atoms with Crippen LogP contribution in [-0.4, -0.2) is 18.0 Å². The molecule has 0 radical (unpaired) electrons. The van der Waals surface area contributed by atoms with Crippen LogP contribution >= 0.6 is 0 Å². The third kappa shape index (κ3) is 4.23. The third-order valence-electron chi connectivity index (χ3n) is 4.94. The number of nitrogens with one attached hydrogen (secondary N) is 1. The molecule has 1 amide bonds. The Balaban J connectivity index is 1.59. The molecule has 4 aromatic rings. The first kappa shape index (κ1) is 19.4. The van der Waals surface area contributed by atoms with Crippen molar-refractivity contribution in [3.63, 3.8) is 0 Å². The summed E-state index contributed by atoms with van der Waals surface area (Å²) in [6.45, 7) is 1.93. The summed E-state index contributed by atoms with van der Waals surface area (Å²) < 4.78 is 5.23. The number of hydrogen-bond donors (Lipinski definition) is 1. The second-order valence-corrected chi connectivity index (χ2v) is 6.99. The van der Waals surface area contributed by atoms with Crippen molar-refractivity contribution in [1.82, 2.24) is 4.98 Å². The molecule has 3 aromatic carbocycles. The Bertz CT molecular complexity index is 1180. The first-order valence-electron chi connectivity index (χ1n) is 9.73. The average molecular weight is 394 g/mol. The lowest BCUT2D eigenvalue weighted by Gasteiger charge is -2.10. The predicted molar refractivity (Wildman–Crippen MR) is 121 cm³/mol. The fraction of sp³-hybridized carbons (Fsp3) is 0.0769. The molecular weight excluding hydrogens is 372 g/mol. The number of anilines is 1. The lowest BCUT2D eigenvalue weighted by atomic mass is 10.1. The molecule has 1 heterocycles. The Kier molecular flexibility index (Phi) is 5.57. The standard InChI is InChI=1S/C26H22N2O2/c1-18-7-3-4-10-23(18)26(29)27-21-9-5-8-20(17-21)25-12-6-11-24(28-25)19-13-15-22(30-2)16-14-19/h3-17H,1-2H3,(H,27,29). The summed E-state index contributed by atoms with van der Waals surface area (Å²) in [5, 5.41) is 2.99. The van der Waals surface area contributed by atoms with E-state index in [1.807, 2.05) is 97.9 Å². The Labute approximate surface area is 176 Å². The number of amides is 1. The second-order valence-electron chi connectivity index (χ2n) is 6.99. The smallest absolute Gasteiger partial charge is 0.255 e. The molecule has 148 valence electrons. The molecule has 0 bridgehead atoms.